The summed E-state index contributed by atoms with van der Waals surface area (Å²) in [4.78, 5) is 18.4. The lowest BCUT2D eigenvalue weighted by atomic mass is 9.84. The van der Waals surface area contributed by atoms with Gasteiger partial charge in [0.25, 0.3) is 0 Å². The van der Waals surface area contributed by atoms with Gasteiger partial charge in [-0.3, -0.25) is 4.79 Å². The van der Waals surface area contributed by atoms with Crippen molar-refractivity contribution in [1.29, 1.82) is 5.26 Å². The van der Waals surface area contributed by atoms with E-state index in [1.165, 1.54) is 30.4 Å². The molecule has 2 heterocycles. The molecule has 3 aromatic rings. The zero-order valence-corrected chi connectivity index (χ0v) is 23.4. The van der Waals surface area contributed by atoms with Crippen LogP contribution in [0.4, 0.5) is 0 Å². The molecule has 0 atom stereocenters. The summed E-state index contributed by atoms with van der Waals surface area (Å²) in [5.41, 5.74) is 5.59. The number of halogens is 2. The fraction of sp³-hybridized carbons (Fsp3) is 0.400. The highest BCUT2D eigenvalue weighted by Gasteiger charge is 2.23. The van der Waals surface area contributed by atoms with E-state index in [-0.39, 0.29) is 24.4 Å². The second-order valence-corrected chi connectivity index (χ2v) is 11.0. The molecule has 1 fully saturated rings. The number of para-hydroxylation sites is 1. The van der Waals surface area contributed by atoms with E-state index in [4.69, 9.17) is 0 Å². The number of hydrogen-bond donors (Lipinski definition) is 2. The van der Waals surface area contributed by atoms with Gasteiger partial charge in [0.1, 0.15) is 0 Å². The molecule has 1 aliphatic carbocycles. The van der Waals surface area contributed by atoms with Gasteiger partial charge in [0.15, 0.2) is 0 Å². The normalized spacial score (nSPS) is 20.1. The zero-order valence-electron chi connectivity index (χ0n) is 21.0. The Morgan fingerprint density at radius 1 is 1.14 bits per heavy atom. The summed E-state index contributed by atoms with van der Waals surface area (Å²) < 4.78 is 1.02. The summed E-state index contributed by atoms with van der Waals surface area (Å²) in [7, 11) is 0. The van der Waals surface area contributed by atoms with Crippen LogP contribution in [0.3, 0.4) is 0 Å². The second kappa shape index (κ2) is 12.8. The minimum Gasteiger partial charge on any atom is -0.360 e. The van der Waals surface area contributed by atoms with Crippen LogP contribution in [0.25, 0.3) is 17.0 Å². The maximum atomic E-state index is 12.5. The molecule has 5 rings (SSSR count). The van der Waals surface area contributed by atoms with E-state index in [1.54, 1.807) is 6.08 Å². The summed E-state index contributed by atoms with van der Waals surface area (Å²) in [5, 5.41) is 13.5. The predicted octanol–water partition coefficient (Wildman–Crippen LogP) is 6.40. The number of amides is 1. The molecule has 1 saturated carbocycles. The van der Waals surface area contributed by atoms with Crippen molar-refractivity contribution >= 4 is 51.2 Å². The average molecular weight is 582 g/mol. The van der Waals surface area contributed by atoms with Crippen molar-refractivity contribution in [1.82, 2.24) is 15.2 Å². The van der Waals surface area contributed by atoms with E-state index < -0.39 is 0 Å². The molecule has 1 aliphatic heterocycles. The lowest BCUT2D eigenvalue weighted by molar-refractivity contribution is -0.117. The van der Waals surface area contributed by atoms with E-state index in [1.807, 2.05) is 30.5 Å². The third-order valence-electron chi connectivity index (χ3n) is 7.89. The Hall–Kier alpha value is -2.59. The number of nitrogens with one attached hydrogen (secondary N) is 2. The van der Waals surface area contributed by atoms with E-state index >= 15 is 0 Å². The molecule has 0 bridgehead atoms. The van der Waals surface area contributed by atoms with Crippen molar-refractivity contribution in [2.75, 3.05) is 19.6 Å². The van der Waals surface area contributed by atoms with Gasteiger partial charge < -0.3 is 15.2 Å². The smallest absolute Gasteiger partial charge is 0.244 e. The number of nitrogens with zero attached hydrogens (tertiary/aromatic N) is 2. The minimum absolute atomic E-state index is 0. The van der Waals surface area contributed by atoms with Gasteiger partial charge in [0.05, 0.1) is 17.1 Å². The number of fused-ring (bicyclic) bond motifs is 2. The fourth-order valence-electron chi connectivity index (χ4n) is 5.72. The van der Waals surface area contributed by atoms with Gasteiger partial charge in [0.2, 0.25) is 5.91 Å². The summed E-state index contributed by atoms with van der Waals surface area (Å²) >= 11 is 3.56. The van der Waals surface area contributed by atoms with E-state index in [0.717, 1.165) is 77.7 Å². The van der Waals surface area contributed by atoms with Gasteiger partial charge in [-0.25, -0.2) is 0 Å². The number of nitriles is 1. The quantitative estimate of drug-likeness (QED) is 0.331. The van der Waals surface area contributed by atoms with Crippen LogP contribution in [0.15, 0.2) is 53.1 Å². The number of aromatic amines is 1. The summed E-state index contributed by atoms with van der Waals surface area (Å²) in [6, 6.07) is 14.8. The van der Waals surface area contributed by atoms with Crippen LogP contribution >= 0.6 is 28.3 Å². The number of H-pyrrole nitrogens is 1. The minimum atomic E-state index is -0.00788. The van der Waals surface area contributed by atoms with Crippen LogP contribution < -0.4 is 5.32 Å². The van der Waals surface area contributed by atoms with Crippen LogP contribution in [0.2, 0.25) is 0 Å². The number of rotatable bonds is 6. The molecule has 5 nitrogen and oxygen atoms in total. The first-order valence-electron chi connectivity index (χ1n) is 13.1. The van der Waals surface area contributed by atoms with Crippen LogP contribution in [0, 0.1) is 17.2 Å². The Balaban J connectivity index is 0.00000320. The highest BCUT2D eigenvalue weighted by molar-refractivity contribution is 9.10. The number of benzene rings is 2. The summed E-state index contributed by atoms with van der Waals surface area (Å²) in [5.74, 6) is 0.737. The lowest BCUT2D eigenvalue weighted by Crippen LogP contribution is -2.37. The first-order chi connectivity index (χ1) is 17.6. The average Bonchev–Trinajstić information content (AvgIpc) is 3.21. The molecule has 7 heteroatoms. The fourth-order valence-corrected chi connectivity index (χ4v) is 6.20. The SMILES string of the molecule is Cl.N#Cc1ccc2c(c1)CCN(CCC1CCC(NC(=O)/C=C/c3c[nH]c4c(Br)cccc34)CC1)CC2. The maximum absolute atomic E-state index is 12.5. The van der Waals surface area contributed by atoms with E-state index in [0.29, 0.717) is 0 Å². The Labute approximate surface area is 233 Å². The third-order valence-corrected chi connectivity index (χ3v) is 8.55. The largest absolute Gasteiger partial charge is 0.360 e. The number of carbonyl (C=O) groups is 1. The maximum Gasteiger partial charge on any atom is 0.244 e. The van der Waals surface area contributed by atoms with Gasteiger partial charge in [-0.2, -0.15) is 5.26 Å². The molecule has 0 saturated heterocycles. The second-order valence-electron chi connectivity index (χ2n) is 10.2. The topological polar surface area (TPSA) is 71.9 Å². The van der Waals surface area contributed by atoms with Gasteiger partial charge in [-0.05, 0) is 114 Å². The van der Waals surface area contributed by atoms with Crippen molar-refractivity contribution in [3.05, 3.63) is 75.4 Å². The molecule has 194 valence electrons. The Morgan fingerprint density at radius 3 is 2.70 bits per heavy atom. The Kier molecular flexibility index (Phi) is 9.48. The molecular weight excluding hydrogens is 548 g/mol. The zero-order chi connectivity index (χ0) is 24.9. The van der Waals surface area contributed by atoms with Gasteiger partial charge >= 0.3 is 0 Å². The lowest BCUT2D eigenvalue weighted by Gasteiger charge is -2.30. The molecule has 0 radical (unpaired) electrons. The van der Waals surface area contributed by atoms with Crippen molar-refractivity contribution in [3.8, 4) is 6.07 Å². The van der Waals surface area contributed by atoms with Gasteiger partial charge in [0, 0.05) is 41.3 Å². The van der Waals surface area contributed by atoms with Crippen LogP contribution in [0.1, 0.15) is 54.4 Å². The standard InChI is InChI=1S/C30H33BrN4O.ClH/c31-28-3-1-2-27-25(20-33-30(27)28)8-11-29(36)34-26-9-5-21(6-10-26)12-15-35-16-13-23-7-4-22(19-32)18-24(23)14-17-35;/h1-4,7-8,11,18,20-21,26,33H,5-6,9-10,12-17H2,(H,34,36);1H/b11-8+;. The monoisotopic (exact) mass is 580 g/mol. The third kappa shape index (κ3) is 6.84. The van der Waals surface area contributed by atoms with Crippen LogP contribution in [0.5, 0.6) is 0 Å². The Bertz CT molecular complexity index is 1300. The molecule has 2 N–H and O–H groups in total. The predicted molar refractivity (Wildman–Crippen MR) is 156 cm³/mol. The van der Waals surface area contributed by atoms with Crippen molar-refractivity contribution in [2.45, 2.75) is 51.0 Å². The van der Waals surface area contributed by atoms with Crippen molar-refractivity contribution < 1.29 is 4.79 Å². The highest BCUT2D eigenvalue weighted by atomic mass is 79.9. The summed E-state index contributed by atoms with van der Waals surface area (Å²) in [6.45, 7) is 3.32. The molecule has 0 spiro atoms. The number of aromatic nitrogens is 1. The van der Waals surface area contributed by atoms with Crippen molar-refractivity contribution in [2.24, 2.45) is 5.92 Å². The van der Waals surface area contributed by atoms with Crippen molar-refractivity contribution in [3.63, 3.8) is 0 Å². The van der Waals surface area contributed by atoms with Gasteiger partial charge in [-0.15, -0.1) is 12.4 Å². The van der Waals surface area contributed by atoms with Crippen LogP contribution in [-0.2, 0) is 17.6 Å². The molecule has 1 aromatic heterocycles. The first-order valence-corrected chi connectivity index (χ1v) is 13.9. The molecule has 37 heavy (non-hydrogen) atoms. The Morgan fingerprint density at radius 2 is 1.92 bits per heavy atom. The molecule has 2 aliphatic rings. The van der Waals surface area contributed by atoms with Gasteiger partial charge in [-0.1, -0.05) is 18.2 Å². The number of carbonyl (C=O) groups excluding carboxylic acids is 1. The summed E-state index contributed by atoms with van der Waals surface area (Å²) in [6.07, 6.45) is 13.3. The van der Waals surface area contributed by atoms with E-state index in [2.05, 4.69) is 55.4 Å². The first kappa shape index (κ1) is 27.4. The highest BCUT2D eigenvalue weighted by Crippen LogP contribution is 2.28. The number of hydrogen-bond acceptors (Lipinski definition) is 3. The molecule has 1 amide bonds. The molecular formula is C30H34BrClN4O. The van der Waals surface area contributed by atoms with E-state index in [9.17, 15) is 10.1 Å². The molecule has 2 aromatic carbocycles. The molecule has 0 unspecified atom stereocenters. The van der Waals surface area contributed by atoms with Crippen LogP contribution in [-0.4, -0.2) is 41.5 Å².